The number of benzene rings is 4. The van der Waals surface area contributed by atoms with Crippen LogP contribution in [-0.2, 0) is 9.59 Å². The Bertz CT molecular complexity index is 1790. The molecule has 0 saturated carbocycles. The first-order valence-corrected chi connectivity index (χ1v) is 15.2. The van der Waals surface area contributed by atoms with E-state index < -0.39 is 17.8 Å². The van der Waals surface area contributed by atoms with E-state index >= 15 is 0 Å². The van der Waals surface area contributed by atoms with Gasteiger partial charge in [-0.3, -0.25) is 14.4 Å². The zero-order chi connectivity index (χ0) is 33.9. The van der Waals surface area contributed by atoms with Gasteiger partial charge in [-0.05, 0) is 78.4 Å². The Morgan fingerprint density at radius 3 is 2.04 bits per heavy atom. The predicted molar refractivity (Wildman–Crippen MR) is 181 cm³/mol. The molecule has 0 aromatic heterocycles. The van der Waals surface area contributed by atoms with Crippen LogP contribution in [0, 0.1) is 0 Å². The maximum absolute atomic E-state index is 13.5. The third-order valence-electron chi connectivity index (χ3n) is 6.49. The quantitative estimate of drug-likeness (QED) is 0.0958. The minimum atomic E-state index is -1.20. The van der Waals surface area contributed by atoms with E-state index in [4.69, 9.17) is 25.8 Å². The maximum atomic E-state index is 13.5. The fraction of sp³-hybridized carbons (Fsp3) is 0.118. The number of hydrogen-bond acceptors (Lipinski definition) is 8. The molecule has 242 valence electrons. The topological polar surface area (TPSA) is 152 Å². The van der Waals surface area contributed by atoms with Gasteiger partial charge in [0, 0.05) is 21.8 Å². The molecule has 0 spiro atoms. The van der Waals surface area contributed by atoms with Crippen molar-refractivity contribution >= 4 is 64.5 Å². The third-order valence-corrected chi connectivity index (χ3v) is 7.83. The van der Waals surface area contributed by atoms with E-state index in [9.17, 15) is 24.3 Å². The number of amides is 3. The van der Waals surface area contributed by atoms with Crippen LogP contribution in [0.1, 0.15) is 26.3 Å². The minimum Gasteiger partial charge on any atom is -0.493 e. The van der Waals surface area contributed by atoms with Gasteiger partial charge in [0.1, 0.15) is 5.70 Å². The third kappa shape index (κ3) is 9.28. The average Bonchev–Trinajstić information content (AvgIpc) is 3.08. The van der Waals surface area contributed by atoms with Crippen LogP contribution in [0.4, 0.5) is 11.4 Å². The second kappa shape index (κ2) is 16.2. The molecule has 0 aliphatic rings. The number of thioether (sulfide) groups is 1. The predicted octanol–water partition coefficient (Wildman–Crippen LogP) is 6.20. The molecule has 0 fully saturated rings. The first-order valence-electron chi connectivity index (χ1n) is 13.9. The van der Waals surface area contributed by atoms with Crippen molar-refractivity contribution in [1.82, 2.24) is 5.32 Å². The van der Waals surface area contributed by atoms with E-state index in [0.717, 1.165) is 4.90 Å². The van der Waals surface area contributed by atoms with E-state index in [1.54, 1.807) is 66.7 Å². The number of methoxy groups -OCH3 is 3. The molecular weight excluding hydrogens is 646 g/mol. The number of hydrogen-bond donors (Lipinski definition) is 4. The molecule has 0 bridgehead atoms. The van der Waals surface area contributed by atoms with Gasteiger partial charge in [-0.1, -0.05) is 29.8 Å². The van der Waals surface area contributed by atoms with Crippen molar-refractivity contribution in [3.63, 3.8) is 0 Å². The van der Waals surface area contributed by atoms with Crippen LogP contribution >= 0.6 is 23.4 Å². The van der Waals surface area contributed by atoms with Crippen LogP contribution in [0.15, 0.2) is 95.5 Å². The Morgan fingerprint density at radius 2 is 1.45 bits per heavy atom. The number of aromatic carboxylic acids is 1. The van der Waals surface area contributed by atoms with E-state index in [1.807, 2.05) is 0 Å². The Kier molecular flexibility index (Phi) is 11.9. The number of nitrogens with one attached hydrogen (secondary N) is 3. The highest BCUT2D eigenvalue weighted by atomic mass is 35.5. The van der Waals surface area contributed by atoms with Crippen molar-refractivity contribution in [2.75, 3.05) is 37.7 Å². The molecular formula is C34H30ClN3O8S. The normalized spacial score (nSPS) is 10.9. The molecule has 0 aliphatic carbocycles. The van der Waals surface area contributed by atoms with E-state index in [1.165, 1.54) is 57.4 Å². The minimum absolute atomic E-state index is 0.0449. The SMILES string of the molecule is COc1cc(/C=C(\NC(=O)c2ccccc2)C(=O)Nc2ccc(SCC(=O)Nc3ccc(Cl)c(C(=O)O)c3)cc2)cc(OC)c1OC. The summed E-state index contributed by atoms with van der Waals surface area (Å²) in [5.74, 6) is -1.46. The summed E-state index contributed by atoms with van der Waals surface area (Å²) in [6.07, 6.45) is 1.49. The van der Waals surface area contributed by atoms with Crippen molar-refractivity contribution in [2.24, 2.45) is 0 Å². The molecule has 11 nitrogen and oxygen atoms in total. The average molecular weight is 676 g/mol. The second-order valence-corrected chi connectivity index (χ2v) is 11.1. The van der Waals surface area contributed by atoms with Crippen molar-refractivity contribution in [1.29, 1.82) is 0 Å². The molecule has 4 aromatic carbocycles. The first-order chi connectivity index (χ1) is 22.6. The largest absolute Gasteiger partial charge is 0.493 e. The summed E-state index contributed by atoms with van der Waals surface area (Å²) < 4.78 is 16.2. The summed E-state index contributed by atoms with van der Waals surface area (Å²) in [5, 5.41) is 17.4. The molecule has 0 radical (unpaired) electrons. The van der Waals surface area contributed by atoms with Gasteiger partial charge in [-0.15, -0.1) is 11.8 Å². The summed E-state index contributed by atoms with van der Waals surface area (Å²) >= 11 is 7.13. The van der Waals surface area contributed by atoms with Gasteiger partial charge in [0.05, 0.1) is 37.7 Å². The van der Waals surface area contributed by atoms with Gasteiger partial charge in [0.25, 0.3) is 11.8 Å². The summed E-state index contributed by atoms with van der Waals surface area (Å²) in [5.41, 5.74) is 1.45. The van der Waals surface area contributed by atoms with Crippen LogP contribution in [0.5, 0.6) is 17.2 Å². The Morgan fingerprint density at radius 1 is 0.809 bits per heavy atom. The zero-order valence-corrected chi connectivity index (χ0v) is 27.0. The number of rotatable bonds is 13. The molecule has 0 saturated heterocycles. The molecule has 0 aliphatic heterocycles. The number of carboxylic acid groups (broad SMARTS) is 1. The summed E-state index contributed by atoms with van der Waals surface area (Å²) in [7, 11) is 4.42. The standard InChI is InChI=1S/C34H30ClN3O8S/c1-44-28-16-20(17-29(45-2)31(28)46-3)15-27(38-32(40)21-7-5-4-6-8-21)33(41)37-22-9-12-24(13-10-22)47-19-30(39)36-23-11-14-26(35)25(18-23)34(42)43/h4-18H,19H2,1-3H3,(H,36,39)(H,37,41)(H,38,40)(H,42,43)/b27-15-. The molecule has 0 atom stereocenters. The molecule has 0 unspecified atom stereocenters. The summed E-state index contributed by atoms with van der Waals surface area (Å²) in [6, 6.07) is 22.7. The number of carbonyl (C=O) groups is 4. The Balaban J connectivity index is 1.48. The number of anilines is 2. The number of carbonyl (C=O) groups excluding carboxylic acids is 3. The Labute approximate surface area is 279 Å². The molecule has 4 N–H and O–H groups in total. The van der Waals surface area contributed by atoms with E-state index in [0.29, 0.717) is 39.8 Å². The lowest BCUT2D eigenvalue weighted by atomic mass is 10.1. The van der Waals surface area contributed by atoms with Crippen LogP contribution in [0.2, 0.25) is 5.02 Å². The summed E-state index contributed by atoms with van der Waals surface area (Å²) in [6.45, 7) is 0. The van der Waals surface area contributed by atoms with E-state index in [2.05, 4.69) is 16.0 Å². The number of halogens is 1. The number of ether oxygens (including phenoxy) is 3. The lowest BCUT2D eigenvalue weighted by Crippen LogP contribution is -2.30. The monoisotopic (exact) mass is 675 g/mol. The lowest BCUT2D eigenvalue weighted by Gasteiger charge is -2.15. The second-order valence-electron chi connectivity index (χ2n) is 9.65. The van der Waals surface area contributed by atoms with E-state index in [-0.39, 0.29) is 27.9 Å². The highest BCUT2D eigenvalue weighted by Gasteiger charge is 2.18. The lowest BCUT2D eigenvalue weighted by molar-refractivity contribution is -0.114. The van der Waals surface area contributed by atoms with Crippen LogP contribution in [-0.4, -0.2) is 55.9 Å². The van der Waals surface area contributed by atoms with Gasteiger partial charge in [-0.25, -0.2) is 4.79 Å². The number of carboxylic acids is 1. The first kappa shape index (κ1) is 34.4. The molecule has 3 amide bonds. The van der Waals surface area contributed by atoms with Gasteiger partial charge in [0.15, 0.2) is 11.5 Å². The molecule has 13 heteroatoms. The molecule has 0 heterocycles. The van der Waals surface area contributed by atoms with Gasteiger partial charge < -0.3 is 35.3 Å². The van der Waals surface area contributed by atoms with Crippen LogP contribution in [0.25, 0.3) is 6.08 Å². The van der Waals surface area contributed by atoms with Crippen molar-refractivity contribution in [2.45, 2.75) is 4.90 Å². The highest BCUT2D eigenvalue weighted by Crippen LogP contribution is 2.38. The van der Waals surface area contributed by atoms with Crippen LogP contribution < -0.4 is 30.2 Å². The smallest absolute Gasteiger partial charge is 0.337 e. The molecule has 4 rings (SSSR count). The highest BCUT2D eigenvalue weighted by molar-refractivity contribution is 8.00. The fourth-order valence-electron chi connectivity index (χ4n) is 4.24. The van der Waals surface area contributed by atoms with Gasteiger partial charge in [0.2, 0.25) is 11.7 Å². The van der Waals surface area contributed by atoms with Crippen molar-refractivity contribution in [3.8, 4) is 17.2 Å². The van der Waals surface area contributed by atoms with Crippen LogP contribution in [0.3, 0.4) is 0 Å². The molecule has 47 heavy (non-hydrogen) atoms. The van der Waals surface area contributed by atoms with Crippen molar-refractivity contribution in [3.05, 3.63) is 112 Å². The summed E-state index contributed by atoms with van der Waals surface area (Å²) in [4.78, 5) is 51.0. The van der Waals surface area contributed by atoms with Gasteiger partial charge in [-0.2, -0.15) is 0 Å². The zero-order valence-electron chi connectivity index (χ0n) is 25.5. The maximum Gasteiger partial charge on any atom is 0.337 e. The Hall–Kier alpha value is -5.46. The molecule has 4 aromatic rings. The fourth-order valence-corrected chi connectivity index (χ4v) is 5.14. The van der Waals surface area contributed by atoms with Gasteiger partial charge >= 0.3 is 5.97 Å². The van der Waals surface area contributed by atoms with Crippen molar-refractivity contribution < 1.29 is 38.5 Å².